The van der Waals surface area contributed by atoms with Crippen molar-refractivity contribution in [3.05, 3.63) is 0 Å². The fourth-order valence-corrected chi connectivity index (χ4v) is 40.0. The minimum atomic E-state index is -1.52. The lowest BCUT2D eigenvalue weighted by molar-refractivity contribution is 0.0473. The van der Waals surface area contributed by atoms with Crippen molar-refractivity contribution < 1.29 is 0 Å². The minimum Gasteiger partial charge on any atom is -0.0689 e. The molecule has 0 amide bonds. The molecular formula is C66H116Si2. The first kappa shape index (κ1) is 50.6. The topological polar surface area (TPSA) is 0 Å². The number of hydrogen-bond donors (Lipinski definition) is 0. The molecule has 11 rings (SSSR count). The predicted octanol–water partition coefficient (Wildman–Crippen LogP) is 20.3. The molecule has 2 heteroatoms. The van der Waals surface area contributed by atoms with Crippen LogP contribution >= 0.6 is 0 Å². The van der Waals surface area contributed by atoms with Crippen molar-refractivity contribution in [2.75, 3.05) is 0 Å². The van der Waals surface area contributed by atoms with E-state index in [9.17, 15) is 0 Å². The Morgan fingerprint density at radius 3 is 0.941 bits per heavy atom. The van der Waals surface area contributed by atoms with Gasteiger partial charge in [0.15, 0.2) is 0 Å². The van der Waals surface area contributed by atoms with Gasteiger partial charge in [0.05, 0.1) is 16.1 Å². The maximum atomic E-state index is 3.05. The smallest absolute Gasteiger partial charge is 0.0547 e. The Kier molecular flexibility index (Phi) is 15.0. The highest BCUT2D eigenvalue weighted by molar-refractivity contribution is 6.81. The molecule has 0 aromatic rings. The van der Waals surface area contributed by atoms with Crippen LogP contribution in [0.4, 0.5) is 0 Å². The molecule has 0 aromatic carbocycles. The molecule has 11 saturated carbocycles. The zero-order valence-corrected chi connectivity index (χ0v) is 49.4. The van der Waals surface area contributed by atoms with Crippen LogP contribution in [-0.2, 0) is 0 Å². The van der Waals surface area contributed by atoms with Crippen LogP contribution < -0.4 is 0 Å². The van der Waals surface area contributed by atoms with Crippen molar-refractivity contribution in [1.29, 1.82) is 0 Å². The Bertz CT molecular complexity index is 1670. The van der Waals surface area contributed by atoms with E-state index in [4.69, 9.17) is 0 Å². The van der Waals surface area contributed by atoms with E-state index in [0.29, 0.717) is 0 Å². The lowest BCUT2D eigenvalue weighted by Gasteiger charge is -2.51. The van der Waals surface area contributed by atoms with Gasteiger partial charge in [0.2, 0.25) is 0 Å². The fourth-order valence-electron chi connectivity index (χ4n) is 26.6. The average Bonchev–Trinajstić information content (AvgIpc) is 4.08. The van der Waals surface area contributed by atoms with Gasteiger partial charge in [-0.25, -0.2) is 0 Å². The van der Waals surface area contributed by atoms with Crippen molar-refractivity contribution in [2.45, 2.75) is 277 Å². The third kappa shape index (κ3) is 8.74. The summed E-state index contributed by atoms with van der Waals surface area (Å²) in [5, 5.41) is 0. The van der Waals surface area contributed by atoms with E-state index < -0.39 is 16.1 Å². The largest absolute Gasteiger partial charge is 0.0689 e. The summed E-state index contributed by atoms with van der Waals surface area (Å²) < 4.78 is 0. The molecule has 68 heavy (non-hydrogen) atoms. The Morgan fingerprint density at radius 2 is 0.559 bits per heavy atom. The number of fused-ring (bicyclic) bond motifs is 4. The van der Waals surface area contributed by atoms with Crippen molar-refractivity contribution in [1.82, 2.24) is 0 Å². The van der Waals surface area contributed by atoms with Gasteiger partial charge < -0.3 is 0 Å². The van der Waals surface area contributed by atoms with Gasteiger partial charge in [-0.2, -0.15) is 0 Å². The Hall–Kier alpha value is 0.434. The first-order chi connectivity index (χ1) is 32.7. The molecule has 0 saturated heterocycles. The van der Waals surface area contributed by atoms with Crippen molar-refractivity contribution in [2.24, 2.45) is 136 Å². The van der Waals surface area contributed by atoms with E-state index in [-0.39, 0.29) is 0 Å². The third-order valence-corrected chi connectivity index (χ3v) is 38.8. The second-order valence-corrected chi connectivity index (χ2v) is 41.7. The number of rotatable bonds is 9. The van der Waals surface area contributed by atoms with Crippen molar-refractivity contribution >= 4 is 16.1 Å². The van der Waals surface area contributed by atoms with E-state index in [0.717, 1.165) is 158 Å². The summed E-state index contributed by atoms with van der Waals surface area (Å²) >= 11 is 0. The fraction of sp³-hybridized carbons (Fsp3) is 1.00. The second kappa shape index (κ2) is 20.2. The monoisotopic (exact) mass is 965 g/mol. The molecule has 24 atom stereocenters. The van der Waals surface area contributed by atoms with E-state index >= 15 is 0 Å². The Labute approximate surface area is 426 Å². The van der Waals surface area contributed by atoms with Crippen molar-refractivity contribution in [3.63, 3.8) is 0 Å². The number of hydrogen-bond acceptors (Lipinski definition) is 0. The van der Waals surface area contributed by atoms with Crippen LogP contribution in [0.15, 0.2) is 0 Å². The molecule has 0 radical (unpaired) electrons. The lowest BCUT2D eigenvalue weighted by Crippen LogP contribution is -2.48. The molecule has 11 aliphatic carbocycles. The van der Waals surface area contributed by atoms with Gasteiger partial charge in [0, 0.05) is 0 Å². The normalized spacial score (nSPS) is 53.5. The van der Waals surface area contributed by atoms with Crippen LogP contribution in [0.2, 0.25) is 48.4 Å². The van der Waals surface area contributed by atoms with E-state index in [2.05, 4.69) is 74.7 Å². The Balaban J connectivity index is 0.745. The van der Waals surface area contributed by atoms with Gasteiger partial charge in [-0.1, -0.05) is 165 Å². The second-order valence-electron chi connectivity index (χ2n) is 31.7. The third-order valence-electron chi connectivity index (χ3n) is 28.1. The summed E-state index contributed by atoms with van der Waals surface area (Å²) in [7, 11) is -2.98. The molecule has 0 bridgehead atoms. The van der Waals surface area contributed by atoms with Crippen molar-refractivity contribution in [3.8, 4) is 0 Å². The van der Waals surface area contributed by atoms with Crippen LogP contribution in [0.3, 0.4) is 0 Å². The zero-order valence-electron chi connectivity index (χ0n) is 47.4. The van der Waals surface area contributed by atoms with Gasteiger partial charge in [-0.15, -0.1) is 0 Å². The predicted molar refractivity (Wildman–Crippen MR) is 299 cm³/mol. The summed E-state index contributed by atoms with van der Waals surface area (Å²) in [5.74, 6) is 24.2. The SMILES string of the molecule is CC(C)C1CC2C(C3CCCCC3C)CCCC2C1[Si](C)(C)C1C(C)CC2C(C3CCC(C4CCCC5C4CC(C)C5[Si](C)(C)C4C(C)CC5C(C6CCCCC6C)CCCC54)CC3)CCCC21. The van der Waals surface area contributed by atoms with Crippen LogP contribution in [0, 0.1) is 136 Å². The molecule has 0 nitrogen and oxygen atoms in total. The quantitative estimate of drug-likeness (QED) is 0.202. The standard InChI is InChI=1S/C66H116Si2/c1-40(2)58-39-62-53(49-23-15-13-21-42(49)4)27-19-31-57(62)66(58)68(10,11)65-44(6)37-60-51(25-17-29-55(60)65)47-34-32-46(33-35-47)50-24-16-28-54-59(50)36-43(5)63(54)67(8,9)64-45(7)38-61-52(26-18-30-56(61)64)48-22-14-12-20-41(48)3/h40-66H,12-39H2,1-11H3. The summed E-state index contributed by atoms with van der Waals surface area (Å²) in [6.45, 7) is 31.3. The first-order valence-corrected chi connectivity index (χ1v) is 39.0. The lowest BCUT2D eigenvalue weighted by atomic mass is 9.60. The maximum absolute atomic E-state index is 3.05. The minimum absolute atomic E-state index is 0.887. The first-order valence-electron chi connectivity index (χ1n) is 32.7. The van der Waals surface area contributed by atoms with Crippen LogP contribution in [0.5, 0.6) is 0 Å². The van der Waals surface area contributed by atoms with E-state index in [1.807, 2.05) is 0 Å². The van der Waals surface area contributed by atoms with Gasteiger partial charge >= 0.3 is 0 Å². The van der Waals surface area contributed by atoms with Gasteiger partial charge in [-0.05, 0) is 248 Å². The molecule has 0 spiro atoms. The summed E-state index contributed by atoms with van der Waals surface area (Å²) in [4.78, 5) is 0. The molecule has 24 unspecified atom stereocenters. The molecule has 0 N–H and O–H groups in total. The van der Waals surface area contributed by atoms with Gasteiger partial charge in [0.25, 0.3) is 0 Å². The summed E-state index contributed by atoms with van der Waals surface area (Å²) in [6, 6.07) is 0. The van der Waals surface area contributed by atoms with Crippen LogP contribution in [-0.4, -0.2) is 16.1 Å². The molecule has 0 aromatic heterocycles. The van der Waals surface area contributed by atoms with E-state index in [1.54, 1.807) is 141 Å². The maximum Gasteiger partial charge on any atom is 0.0547 e. The summed E-state index contributed by atoms with van der Waals surface area (Å²) in [5.41, 5.74) is 4.44. The van der Waals surface area contributed by atoms with Crippen LogP contribution in [0.1, 0.15) is 228 Å². The van der Waals surface area contributed by atoms with Crippen LogP contribution in [0.25, 0.3) is 0 Å². The van der Waals surface area contributed by atoms with E-state index in [1.165, 1.54) is 38.5 Å². The van der Waals surface area contributed by atoms with Gasteiger partial charge in [-0.3, -0.25) is 0 Å². The molecule has 0 aliphatic heterocycles. The zero-order chi connectivity index (χ0) is 47.4. The highest BCUT2D eigenvalue weighted by atomic mass is 28.3. The highest BCUT2D eigenvalue weighted by Crippen LogP contribution is 2.70. The molecule has 11 aliphatic rings. The molecule has 11 fully saturated rings. The molecule has 0 heterocycles. The van der Waals surface area contributed by atoms with Gasteiger partial charge in [0.1, 0.15) is 0 Å². The molecule has 388 valence electrons. The Morgan fingerprint density at radius 1 is 0.265 bits per heavy atom. The summed E-state index contributed by atoms with van der Waals surface area (Å²) in [6.07, 6.45) is 44.4. The highest BCUT2D eigenvalue weighted by Gasteiger charge is 2.63. The molecular weight excluding hydrogens is 849 g/mol. The average molecular weight is 966 g/mol.